The molecule has 19 heavy (non-hydrogen) atoms. The van der Waals surface area contributed by atoms with E-state index in [1.54, 1.807) is 18.2 Å². The van der Waals surface area contributed by atoms with Gasteiger partial charge in [0.2, 0.25) is 0 Å². The third kappa shape index (κ3) is 3.13. The summed E-state index contributed by atoms with van der Waals surface area (Å²) in [5.74, 6) is 0.478. The summed E-state index contributed by atoms with van der Waals surface area (Å²) in [5, 5.41) is 19.5. The van der Waals surface area contributed by atoms with E-state index in [2.05, 4.69) is 4.99 Å². The fourth-order valence-electron chi connectivity index (χ4n) is 1.88. The second kappa shape index (κ2) is 5.57. The first-order valence-electron chi connectivity index (χ1n) is 6.16. The van der Waals surface area contributed by atoms with Gasteiger partial charge in [0.15, 0.2) is 0 Å². The Balaban J connectivity index is 2.22. The molecule has 2 N–H and O–H groups in total. The molecule has 0 spiro atoms. The quantitative estimate of drug-likeness (QED) is 0.826. The highest BCUT2D eigenvalue weighted by Crippen LogP contribution is 2.21. The lowest BCUT2D eigenvalue weighted by molar-refractivity contribution is 0.468. The van der Waals surface area contributed by atoms with Crippen LogP contribution in [0.3, 0.4) is 0 Å². The zero-order chi connectivity index (χ0) is 13.8. The van der Waals surface area contributed by atoms with Crippen LogP contribution < -0.4 is 0 Å². The Hall–Kier alpha value is -2.29. The van der Waals surface area contributed by atoms with Crippen molar-refractivity contribution in [2.45, 2.75) is 20.4 Å². The number of hydrogen-bond acceptors (Lipinski definition) is 3. The number of phenolic OH excluding ortho intramolecular Hbond substituents is 2. The van der Waals surface area contributed by atoms with E-state index in [1.165, 1.54) is 0 Å². The number of benzene rings is 2. The molecular formula is C16H17NO2. The molecule has 2 aromatic rings. The summed E-state index contributed by atoms with van der Waals surface area (Å²) in [7, 11) is 0. The second-order valence-electron chi connectivity index (χ2n) is 4.55. The zero-order valence-corrected chi connectivity index (χ0v) is 11.1. The van der Waals surface area contributed by atoms with Gasteiger partial charge in [0, 0.05) is 16.8 Å². The van der Waals surface area contributed by atoms with E-state index in [-0.39, 0.29) is 11.5 Å². The minimum Gasteiger partial charge on any atom is -0.508 e. The van der Waals surface area contributed by atoms with Crippen LogP contribution in [0.5, 0.6) is 11.5 Å². The van der Waals surface area contributed by atoms with E-state index in [4.69, 9.17) is 0 Å². The largest absolute Gasteiger partial charge is 0.508 e. The molecule has 0 atom stereocenters. The van der Waals surface area contributed by atoms with Crippen LogP contribution in [0.15, 0.2) is 47.5 Å². The average Bonchev–Trinajstić information content (AvgIpc) is 2.37. The molecule has 0 aliphatic heterocycles. The topological polar surface area (TPSA) is 52.8 Å². The van der Waals surface area contributed by atoms with Crippen LogP contribution in [-0.4, -0.2) is 15.9 Å². The minimum atomic E-state index is 0.235. The smallest absolute Gasteiger partial charge is 0.124 e. The summed E-state index contributed by atoms with van der Waals surface area (Å²) >= 11 is 0. The number of nitrogens with zero attached hydrogens (tertiary/aromatic N) is 1. The molecule has 0 saturated carbocycles. The molecule has 0 heterocycles. The molecular weight excluding hydrogens is 238 g/mol. The number of rotatable bonds is 3. The summed E-state index contributed by atoms with van der Waals surface area (Å²) in [6, 6.07) is 12.6. The van der Waals surface area contributed by atoms with Gasteiger partial charge in [-0.25, -0.2) is 0 Å². The molecule has 98 valence electrons. The normalized spacial score (nSPS) is 11.6. The number of phenols is 2. The highest BCUT2D eigenvalue weighted by molar-refractivity contribution is 6.01. The monoisotopic (exact) mass is 255 g/mol. The van der Waals surface area contributed by atoms with Crippen molar-refractivity contribution in [2.75, 3.05) is 0 Å². The molecule has 2 rings (SSSR count). The van der Waals surface area contributed by atoms with Gasteiger partial charge < -0.3 is 10.2 Å². The molecule has 0 bridgehead atoms. The molecule has 0 radical (unpaired) electrons. The maximum absolute atomic E-state index is 9.88. The Morgan fingerprint density at radius 1 is 1.05 bits per heavy atom. The van der Waals surface area contributed by atoms with Crippen molar-refractivity contribution in [1.82, 2.24) is 0 Å². The molecule has 0 unspecified atom stereocenters. The van der Waals surface area contributed by atoms with E-state index < -0.39 is 0 Å². The summed E-state index contributed by atoms with van der Waals surface area (Å²) in [6.07, 6.45) is 0. The molecule has 0 aliphatic rings. The maximum atomic E-state index is 9.88. The molecule has 0 amide bonds. The first kappa shape index (κ1) is 13.1. The van der Waals surface area contributed by atoms with Crippen LogP contribution in [0.25, 0.3) is 0 Å². The molecule has 0 saturated heterocycles. The average molecular weight is 255 g/mol. The number of hydrogen-bond donors (Lipinski definition) is 2. The molecule has 0 aliphatic carbocycles. The van der Waals surface area contributed by atoms with Gasteiger partial charge in [-0.1, -0.05) is 24.3 Å². The van der Waals surface area contributed by atoms with E-state index in [0.29, 0.717) is 6.54 Å². The fourth-order valence-corrected chi connectivity index (χ4v) is 1.88. The highest BCUT2D eigenvalue weighted by Gasteiger charge is 2.05. The number of aromatic hydroxyl groups is 2. The summed E-state index contributed by atoms with van der Waals surface area (Å²) in [6.45, 7) is 4.17. The van der Waals surface area contributed by atoms with Crippen molar-refractivity contribution in [3.63, 3.8) is 0 Å². The fraction of sp³-hybridized carbons (Fsp3) is 0.188. The summed E-state index contributed by atoms with van der Waals surface area (Å²) < 4.78 is 0. The van der Waals surface area contributed by atoms with Crippen LogP contribution >= 0.6 is 0 Å². The standard InChI is InChI=1S/C16H17NO2/c1-11-7-8-14(16(19)9-11)12(2)17-10-13-5-3-4-6-15(13)18/h3-9,18-19H,10H2,1-2H3/b17-12+. The predicted octanol–water partition coefficient (Wildman–Crippen LogP) is 3.42. The van der Waals surface area contributed by atoms with Gasteiger partial charge in [-0.05, 0) is 37.6 Å². The van der Waals surface area contributed by atoms with E-state index >= 15 is 0 Å². The van der Waals surface area contributed by atoms with Crippen molar-refractivity contribution in [2.24, 2.45) is 4.99 Å². The van der Waals surface area contributed by atoms with Crippen molar-refractivity contribution in [3.8, 4) is 11.5 Å². The van der Waals surface area contributed by atoms with Crippen molar-refractivity contribution >= 4 is 5.71 Å². The van der Waals surface area contributed by atoms with Crippen molar-refractivity contribution in [3.05, 3.63) is 59.2 Å². The van der Waals surface area contributed by atoms with Gasteiger partial charge in [0.25, 0.3) is 0 Å². The van der Waals surface area contributed by atoms with Crippen LogP contribution in [0.1, 0.15) is 23.6 Å². The second-order valence-corrected chi connectivity index (χ2v) is 4.55. The summed E-state index contributed by atoms with van der Waals surface area (Å²) in [4.78, 5) is 4.41. The summed E-state index contributed by atoms with van der Waals surface area (Å²) in [5.41, 5.74) is 3.25. The molecule has 2 aromatic carbocycles. The minimum absolute atomic E-state index is 0.235. The van der Waals surface area contributed by atoms with E-state index in [9.17, 15) is 10.2 Å². The van der Waals surface area contributed by atoms with Crippen molar-refractivity contribution < 1.29 is 10.2 Å². The Morgan fingerprint density at radius 2 is 1.79 bits per heavy atom. The maximum Gasteiger partial charge on any atom is 0.124 e. The molecule has 3 heteroatoms. The van der Waals surface area contributed by atoms with Crippen LogP contribution in [0.2, 0.25) is 0 Å². The van der Waals surface area contributed by atoms with E-state index in [0.717, 1.165) is 22.4 Å². The van der Waals surface area contributed by atoms with Crippen LogP contribution in [-0.2, 0) is 6.54 Å². The number of aliphatic imine (C=N–C) groups is 1. The zero-order valence-electron chi connectivity index (χ0n) is 11.1. The Kier molecular flexibility index (Phi) is 3.85. The van der Waals surface area contributed by atoms with Gasteiger partial charge in [0.1, 0.15) is 11.5 Å². The Bertz CT molecular complexity index is 618. The SMILES string of the molecule is C/C(=N\Cc1ccccc1O)c1ccc(C)cc1O. The van der Waals surface area contributed by atoms with Gasteiger partial charge >= 0.3 is 0 Å². The van der Waals surface area contributed by atoms with Crippen LogP contribution in [0.4, 0.5) is 0 Å². The Labute approximate surface area is 112 Å². The molecule has 3 nitrogen and oxygen atoms in total. The van der Waals surface area contributed by atoms with E-state index in [1.807, 2.05) is 38.1 Å². The van der Waals surface area contributed by atoms with Gasteiger partial charge in [0.05, 0.1) is 6.54 Å². The molecule has 0 fully saturated rings. The Morgan fingerprint density at radius 3 is 2.47 bits per heavy atom. The lowest BCUT2D eigenvalue weighted by Gasteiger charge is -2.06. The van der Waals surface area contributed by atoms with Crippen LogP contribution in [0, 0.1) is 6.92 Å². The lowest BCUT2D eigenvalue weighted by Crippen LogP contribution is -1.97. The predicted molar refractivity (Wildman–Crippen MR) is 76.9 cm³/mol. The van der Waals surface area contributed by atoms with Gasteiger partial charge in [-0.3, -0.25) is 4.99 Å². The molecule has 0 aromatic heterocycles. The number of para-hydroxylation sites is 1. The van der Waals surface area contributed by atoms with Crippen molar-refractivity contribution in [1.29, 1.82) is 0 Å². The lowest BCUT2D eigenvalue weighted by atomic mass is 10.1. The van der Waals surface area contributed by atoms with Gasteiger partial charge in [-0.15, -0.1) is 0 Å². The third-order valence-corrected chi connectivity index (χ3v) is 3.02. The van der Waals surface area contributed by atoms with Gasteiger partial charge in [-0.2, -0.15) is 0 Å². The number of aryl methyl sites for hydroxylation is 1. The first-order valence-corrected chi connectivity index (χ1v) is 6.16. The third-order valence-electron chi connectivity index (χ3n) is 3.02. The first-order chi connectivity index (χ1) is 9.08. The highest BCUT2D eigenvalue weighted by atomic mass is 16.3.